The molecule has 64 valence electrons. The van der Waals surface area contributed by atoms with E-state index in [1.54, 1.807) is 0 Å². The van der Waals surface area contributed by atoms with Crippen molar-refractivity contribution < 1.29 is 0 Å². The molecule has 0 heterocycles. The smallest absolute Gasteiger partial charge is 0.0771 e. The van der Waals surface area contributed by atoms with Crippen molar-refractivity contribution >= 4 is 0 Å². The third-order valence-corrected chi connectivity index (χ3v) is 4.42. The minimum Gasteiger partial charge on any atom is -0.190 e. The molecule has 2 spiro atoms. The number of rotatable bonds is 2. The molecule has 2 nitrogen and oxygen atoms in total. The van der Waals surface area contributed by atoms with E-state index in [2.05, 4.69) is 10.2 Å². The first-order valence-electron chi connectivity index (χ1n) is 5.23. The molecule has 0 aromatic carbocycles. The number of azo groups is 1. The quantitative estimate of drug-likeness (QED) is 0.557. The Bertz CT molecular complexity index is 246. The average molecular weight is 162 g/mol. The van der Waals surface area contributed by atoms with E-state index < -0.39 is 0 Å². The van der Waals surface area contributed by atoms with Crippen molar-refractivity contribution in [3.8, 4) is 0 Å². The zero-order chi connectivity index (χ0) is 7.81. The van der Waals surface area contributed by atoms with Crippen LogP contribution in [0.2, 0.25) is 0 Å². The van der Waals surface area contributed by atoms with Crippen LogP contribution in [0.1, 0.15) is 38.5 Å². The van der Waals surface area contributed by atoms with Crippen LogP contribution in [-0.4, -0.2) is 12.1 Å². The molecule has 0 bridgehead atoms. The van der Waals surface area contributed by atoms with Crippen molar-refractivity contribution in [3.63, 3.8) is 0 Å². The Kier molecular flexibility index (Phi) is 0.760. The van der Waals surface area contributed by atoms with Crippen LogP contribution < -0.4 is 0 Å². The van der Waals surface area contributed by atoms with E-state index in [0.29, 0.717) is 12.1 Å². The highest BCUT2D eigenvalue weighted by molar-refractivity contribution is 5.19. The van der Waals surface area contributed by atoms with Gasteiger partial charge in [-0.3, -0.25) is 0 Å². The van der Waals surface area contributed by atoms with E-state index in [1.165, 1.54) is 38.5 Å². The van der Waals surface area contributed by atoms with Gasteiger partial charge in [-0.15, -0.1) is 0 Å². The standard InChI is InChI=1S/C10H14N2/c1-2-9(1)5-7(9)11-12-8-6-10(8)3-4-10/h7-8H,1-6H2. The Morgan fingerprint density at radius 2 is 1.17 bits per heavy atom. The topological polar surface area (TPSA) is 24.7 Å². The molecular formula is C10H14N2. The van der Waals surface area contributed by atoms with Gasteiger partial charge in [-0.25, -0.2) is 0 Å². The van der Waals surface area contributed by atoms with Crippen LogP contribution >= 0.6 is 0 Å². The normalized spacial score (nSPS) is 48.7. The molecule has 0 radical (unpaired) electrons. The van der Waals surface area contributed by atoms with Gasteiger partial charge in [0.05, 0.1) is 12.1 Å². The van der Waals surface area contributed by atoms with Crippen LogP contribution in [0.3, 0.4) is 0 Å². The fourth-order valence-corrected chi connectivity index (χ4v) is 2.54. The highest BCUT2D eigenvalue weighted by Gasteiger charge is 2.66. The lowest BCUT2D eigenvalue weighted by molar-refractivity contribution is 0.723. The second-order valence-electron chi connectivity index (χ2n) is 5.40. The maximum Gasteiger partial charge on any atom is 0.0771 e. The van der Waals surface area contributed by atoms with Crippen LogP contribution in [0.15, 0.2) is 10.2 Å². The van der Waals surface area contributed by atoms with Gasteiger partial charge in [0.25, 0.3) is 0 Å². The van der Waals surface area contributed by atoms with Crippen molar-refractivity contribution in [2.45, 2.75) is 50.6 Å². The van der Waals surface area contributed by atoms with Gasteiger partial charge in [-0.1, -0.05) is 0 Å². The van der Waals surface area contributed by atoms with Crippen LogP contribution in [0.5, 0.6) is 0 Å². The zero-order valence-corrected chi connectivity index (χ0v) is 7.29. The van der Waals surface area contributed by atoms with Gasteiger partial charge in [0.1, 0.15) is 0 Å². The first kappa shape index (κ1) is 6.11. The number of hydrogen-bond donors (Lipinski definition) is 0. The monoisotopic (exact) mass is 162 g/mol. The molecule has 0 aliphatic heterocycles. The SMILES string of the molecule is C1CC12CC2N=NC1CC12CC2. The lowest BCUT2D eigenvalue weighted by atomic mass is 10.4. The van der Waals surface area contributed by atoms with Gasteiger partial charge in [-0.2, -0.15) is 10.2 Å². The van der Waals surface area contributed by atoms with E-state index >= 15 is 0 Å². The highest BCUT2D eigenvalue weighted by Crippen LogP contribution is 2.70. The molecule has 0 saturated heterocycles. The van der Waals surface area contributed by atoms with Gasteiger partial charge in [-0.05, 0) is 49.4 Å². The Labute approximate surface area is 72.4 Å². The molecule has 0 amide bonds. The molecule has 2 atom stereocenters. The maximum atomic E-state index is 4.47. The molecule has 0 N–H and O–H groups in total. The van der Waals surface area contributed by atoms with Crippen molar-refractivity contribution in [2.24, 2.45) is 21.1 Å². The van der Waals surface area contributed by atoms with Gasteiger partial charge < -0.3 is 0 Å². The fourth-order valence-electron chi connectivity index (χ4n) is 2.54. The molecule has 4 rings (SSSR count). The number of hydrogen-bond acceptors (Lipinski definition) is 2. The Hall–Kier alpha value is -0.400. The summed E-state index contributed by atoms with van der Waals surface area (Å²) in [6.07, 6.45) is 8.46. The molecule has 0 aromatic heterocycles. The van der Waals surface area contributed by atoms with E-state index in [-0.39, 0.29) is 0 Å². The van der Waals surface area contributed by atoms with Crippen molar-refractivity contribution in [3.05, 3.63) is 0 Å². The molecule has 4 aliphatic carbocycles. The first-order chi connectivity index (χ1) is 5.83. The minimum absolute atomic E-state index is 0.661. The third kappa shape index (κ3) is 0.668. The van der Waals surface area contributed by atoms with E-state index in [0.717, 1.165) is 10.8 Å². The molecule has 2 heteroatoms. The Morgan fingerprint density at radius 3 is 1.42 bits per heavy atom. The molecule has 4 fully saturated rings. The second-order valence-corrected chi connectivity index (χ2v) is 5.40. The summed E-state index contributed by atoms with van der Waals surface area (Å²) in [5.74, 6) is 0. The summed E-state index contributed by atoms with van der Waals surface area (Å²) in [5, 5.41) is 8.95. The third-order valence-electron chi connectivity index (χ3n) is 4.42. The first-order valence-corrected chi connectivity index (χ1v) is 5.23. The zero-order valence-electron chi connectivity index (χ0n) is 7.29. The van der Waals surface area contributed by atoms with Crippen molar-refractivity contribution in [2.75, 3.05) is 0 Å². The Balaban J connectivity index is 1.41. The minimum atomic E-state index is 0.661. The Morgan fingerprint density at radius 1 is 0.750 bits per heavy atom. The van der Waals surface area contributed by atoms with Crippen LogP contribution in [0.25, 0.3) is 0 Å². The summed E-state index contributed by atoms with van der Waals surface area (Å²) in [6, 6.07) is 1.32. The maximum absolute atomic E-state index is 4.47. The summed E-state index contributed by atoms with van der Waals surface area (Å²) in [7, 11) is 0. The predicted octanol–water partition coefficient (Wildman–Crippen LogP) is 2.54. The molecule has 4 saturated carbocycles. The molecule has 0 aromatic rings. The van der Waals surface area contributed by atoms with Gasteiger partial charge >= 0.3 is 0 Å². The second kappa shape index (κ2) is 1.49. The summed E-state index contributed by atoms with van der Waals surface area (Å²) < 4.78 is 0. The summed E-state index contributed by atoms with van der Waals surface area (Å²) >= 11 is 0. The number of nitrogens with zero attached hydrogens (tertiary/aromatic N) is 2. The van der Waals surface area contributed by atoms with Crippen LogP contribution in [0.4, 0.5) is 0 Å². The van der Waals surface area contributed by atoms with Crippen LogP contribution in [-0.2, 0) is 0 Å². The van der Waals surface area contributed by atoms with Crippen LogP contribution in [0, 0.1) is 10.8 Å². The molecule has 2 unspecified atom stereocenters. The van der Waals surface area contributed by atoms with E-state index in [1.807, 2.05) is 0 Å². The van der Waals surface area contributed by atoms with Crippen molar-refractivity contribution in [1.29, 1.82) is 0 Å². The van der Waals surface area contributed by atoms with Gasteiger partial charge in [0.15, 0.2) is 0 Å². The molecule has 4 aliphatic rings. The van der Waals surface area contributed by atoms with Crippen molar-refractivity contribution in [1.82, 2.24) is 0 Å². The summed E-state index contributed by atoms with van der Waals surface area (Å²) in [5.41, 5.74) is 1.43. The molecular weight excluding hydrogens is 148 g/mol. The molecule has 12 heavy (non-hydrogen) atoms. The lowest BCUT2D eigenvalue weighted by Crippen LogP contribution is -1.84. The van der Waals surface area contributed by atoms with Gasteiger partial charge in [0.2, 0.25) is 0 Å². The predicted molar refractivity (Wildman–Crippen MR) is 45.0 cm³/mol. The summed E-state index contributed by atoms with van der Waals surface area (Å²) in [4.78, 5) is 0. The van der Waals surface area contributed by atoms with E-state index in [4.69, 9.17) is 0 Å². The lowest BCUT2D eigenvalue weighted by Gasteiger charge is -1.86. The average Bonchev–Trinajstić information content (AvgIpc) is 2.95. The highest BCUT2D eigenvalue weighted by atomic mass is 15.2. The van der Waals surface area contributed by atoms with Gasteiger partial charge in [0, 0.05) is 0 Å². The van der Waals surface area contributed by atoms with E-state index in [9.17, 15) is 0 Å². The largest absolute Gasteiger partial charge is 0.190 e. The summed E-state index contributed by atoms with van der Waals surface area (Å²) in [6.45, 7) is 0. The fraction of sp³-hybridized carbons (Fsp3) is 1.00.